The Kier molecular flexibility index (Phi) is 3.52. The molecule has 0 spiro atoms. The lowest BCUT2D eigenvalue weighted by Crippen LogP contribution is -2.03. The fraction of sp³-hybridized carbons (Fsp3) is 0.154. The summed E-state index contributed by atoms with van der Waals surface area (Å²) in [5.41, 5.74) is 0.983. The molecule has 2 rings (SSSR count). The fourth-order valence-electron chi connectivity index (χ4n) is 1.37. The third kappa shape index (κ3) is 3.04. The van der Waals surface area contributed by atoms with Gasteiger partial charge in [0.2, 0.25) is 0 Å². The summed E-state index contributed by atoms with van der Waals surface area (Å²) in [6.07, 6.45) is 3.15. The average molecular weight is 244 g/mol. The maximum Gasteiger partial charge on any atom is 0.321 e. The first kappa shape index (κ1) is 12.0. The summed E-state index contributed by atoms with van der Waals surface area (Å²) in [5, 5.41) is 0. The minimum Gasteiger partial charge on any atom is -0.423 e. The summed E-state index contributed by atoms with van der Waals surface area (Å²) in [4.78, 5) is 18.9. The van der Waals surface area contributed by atoms with Gasteiger partial charge in [-0.1, -0.05) is 6.07 Å². The van der Waals surface area contributed by atoms with Crippen molar-refractivity contribution in [3.8, 4) is 17.5 Å². The van der Waals surface area contributed by atoms with Crippen molar-refractivity contribution in [2.24, 2.45) is 0 Å². The average Bonchev–Trinajstić information content (AvgIpc) is 2.33. The van der Waals surface area contributed by atoms with Crippen LogP contribution in [-0.2, 0) is 4.79 Å². The summed E-state index contributed by atoms with van der Waals surface area (Å²) in [6, 6.07) is 7.16. The lowest BCUT2D eigenvalue weighted by molar-refractivity contribution is -0.132. The maximum absolute atomic E-state index is 11.0. The Morgan fingerprint density at radius 2 is 1.89 bits per heavy atom. The normalized spacial score (nSPS) is 9.89. The van der Waals surface area contributed by atoms with Gasteiger partial charge in [0.05, 0.1) is 0 Å². The van der Waals surface area contributed by atoms with E-state index in [9.17, 15) is 4.79 Å². The Bertz CT molecular complexity index is 555. The van der Waals surface area contributed by atoms with Gasteiger partial charge in [0.1, 0.15) is 0 Å². The van der Waals surface area contributed by atoms with E-state index in [1.807, 2.05) is 13.0 Å². The number of hydrogen-bond acceptors (Lipinski definition) is 5. The van der Waals surface area contributed by atoms with Crippen LogP contribution >= 0.6 is 0 Å². The number of carbonyl (C=O) groups excluding carboxylic acids is 1. The number of carbonyl (C=O) groups is 1. The lowest BCUT2D eigenvalue weighted by Gasteiger charge is -2.09. The highest BCUT2D eigenvalue weighted by Gasteiger charge is 2.10. The Balaban J connectivity index is 2.30. The molecular formula is C13H12N2O3. The number of esters is 1. The van der Waals surface area contributed by atoms with Crippen LogP contribution < -0.4 is 9.47 Å². The van der Waals surface area contributed by atoms with Gasteiger partial charge in [-0.05, 0) is 30.7 Å². The van der Waals surface area contributed by atoms with E-state index in [4.69, 9.17) is 9.47 Å². The zero-order valence-electron chi connectivity index (χ0n) is 10.1. The van der Waals surface area contributed by atoms with Crippen LogP contribution in [0.5, 0.6) is 17.5 Å². The monoisotopic (exact) mass is 244 g/mol. The van der Waals surface area contributed by atoms with Gasteiger partial charge in [0.15, 0.2) is 11.5 Å². The van der Waals surface area contributed by atoms with Gasteiger partial charge in [0, 0.05) is 19.3 Å². The maximum atomic E-state index is 11.0. The Morgan fingerprint density at radius 3 is 2.56 bits per heavy atom. The topological polar surface area (TPSA) is 61.3 Å². The number of hydrogen-bond donors (Lipinski definition) is 0. The van der Waals surface area contributed by atoms with Crippen LogP contribution in [0.1, 0.15) is 12.5 Å². The summed E-state index contributed by atoms with van der Waals surface area (Å²) in [5.74, 6) is 0.356. The summed E-state index contributed by atoms with van der Waals surface area (Å²) >= 11 is 0. The number of rotatable bonds is 3. The predicted octanol–water partition coefficient (Wildman–Crippen LogP) is 2.50. The van der Waals surface area contributed by atoms with E-state index < -0.39 is 5.97 Å². The Hall–Kier alpha value is -2.43. The molecule has 1 aromatic carbocycles. The van der Waals surface area contributed by atoms with E-state index in [0.717, 1.165) is 5.56 Å². The summed E-state index contributed by atoms with van der Waals surface area (Å²) in [6.45, 7) is 3.25. The van der Waals surface area contributed by atoms with Crippen LogP contribution in [-0.4, -0.2) is 15.9 Å². The SMILES string of the molecule is CC(=O)Oc1ccc(C)cc1Oc1ncccn1. The molecule has 0 saturated carbocycles. The number of nitrogens with zero attached hydrogens (tertiary/aromatic N) is 2. The summed E-state index contributed by atoms with van der Waals surface area (Å²) in [7, 11) is 0. The number of benzene rings is 1. The van der Waals surface area contributed by atoms with E-state index >= 15 is 0 Å². The molecule has 0 aliphatic rings. The van der Waals surface area contributed by atoms with Crippen LogP contribution in [0.15, 0.2) is 36.7 Å². The first-order valence-electron chi connectivity index (χ1n) is 5.39. The zero-order chi connectivity index (χ0) is 13.0. The van der Waals surface area contributed by atoms with E-state index in [-0.39, 0.29) is 6.01 Å². The van der Waals surface area contributed by atoms with Crippen molar-refractivity contribution < 1.29 is 14.3 Å². The molecule has 0 radical (unpaired) electrons. The van der Waals surface area contributed by atoms with Gasteiger partial charge in [-0.3, -0.25) is 4.79 Å². The quantitative estimate of drug-likeness (QED) is 0.613. The van der Waals surface area contributed by atoms with Crippen molar-refractivity contribution >= 4 is 5.97 Å². The molecule has 0 fully saturated rings. The van der Waals surface area contributed by atoms with Crippen molar-refractivity contribution in [1.82, 2.24) is 9.97 Å². The number of ether oxygens (including phenoxy) is 2. The lowest BCUT2D eigenvalue weighted by atomic mass is 10.2. The standard InChI is InChI=1S/C13H12N2O3/c1-9-4-5-11(17-10(2)16)12(8-9)18-13-14-6-3-7-15-13/h3-8H,1-2H3. The second kappa shape index (κ2) is 5.27. The summed E-state index contributed by atoms with van der Waals surface area (Å²) < 4.78 is 10.5. The second-order valence-corrected chi connectivity index (χ2v) is 3.68. The molecule has 0 saturated heterocycles. The Morgan fingerprint density at radius 1 is 1.17 bits per heavy atom. The minimum absolute atomic E-state index is 0.205. The molecule has 92 valence electrons. The smallest absolute Gasteiger partial charge is 0.321 e. The highest BCUT2D eigenvalue weighted by molar-refractivity contribution is 5.70. The largest absolute Gasteiger partial charge is 0.423 e. The van der Waals surface area contributed by atoms with Crippen LogP contribution in [0.25, 0.3) is 0 Å². The third-order valence-electron chi connectivity index (χ3n) is 2.10. The minimum atomic E-state index is -0.405. The molecule has 0 atom stereocenters. The Labute approximate surface area is 104 Å². The molecule has 1 aromatic heterocycles. The molecular weight excluding hydrogens is 232 g/mol. The van der Waals surface area contributed by atoms with Crippen LogP contribution in [0, 0.1) is 6.92 Å². The van der Waals surface area contributed by atoms with Gasteiger partial charge in [-0.25, -0.2) is 9.97 Å². The zero-order valence-corrected chi connectivity index (χ0v) is 10.1. The van der Waals surface area contributed by atoms with Crippen molar-refractivity contribution in [3.63, 3.8) is 0 Å². The van der Waals surface area contributed by atoms with Crippen LogP contribution in [0.3, 0.4) is 0 Å². The first-order chi connectivity index (χ1) is 8.65. The van der Waals surface area contributed by atoms with E-state index in [0.29, 0.717) is 11.5 Å². The van der Waals surface area contributed by atoms with Crippen molar-refractivity contribution in [1.29, 1.82) is 0 Å². The number of aryl methyl sites for hydroxylation is 1. The van der Waals surface area contributed by atoms with E-state index in [2.05, 4.69) is 9.97 Å². The van der Waals surface area contributed by atoms with Gasteiger partial charge in [-0.2, -0.15) is 0 Å². The molecule has 0 bridgehead atoms. The molecule has 5 heteroatoms. The molecule has 2 aromatic rings. The van der Waals surface area contributed by atoms with Crippen molar-refractivity contribution in [3.05, 3.63) is 42.2 Å². The van der Waals surface area contributed by atoms with Crippen LogP contribution in [0.4, 0.5) is 0 Å². The van der Waals surface area contributed by atoms with E-state index in [1.165, 1.54) is 6.92 Å². The molecule has 1 heterocycles. The fourth-order valence-corrected chi connectivity index (χ4v) is 1.37. The molecule has 0 unspecified atom stereocenters. The highest BCUT2D eigenvalue weighted by Crippen LogP contribution is 2.31. The van der Waals surface area contributed by atoms with Crippen molar-refractivity contribution in [2.45, 2.75) is 13.8 Å². The highest BCUT2D eigenvalue weighted by atomic mass is 16.6. The molecule has 0 amide bonds. The first-order valence-corrected chi connectivity index (χ1v) is 5.39. The molecule has 5 nitrogen and oxygen atoms in total. The van der Waals surface area contributed by atoms with E-state index in [1.54, 1.807) is 30.6 Å². The van der Waals surface area contributed by atoms with Gasteiger partial charge < -0.3 is 9.47 Å². The molecule has 0 aliphatic heterocycles. The van der Waals surface area contributed by atoms with Crippen molar-refractivity contribution in [2.75, 3.05) is 0 Å². The number of aromatic nitrogens is 2. The molecule has 0 aliphatic carbocycles. The van der Waals surface area contributed by atoms with Gasteiger partial charge in [0.25, 0.3) is 0 Å². The van der Waals surface area contributed by atoms with Gasteiger partial charge >= 0.3 is 12.0 Å². The van der Waals surface area contributed by atoms with Gasteiger partial charge in [-0.15, -0.1) is 0 Å². The molecule has 0 N–H and O–H groups in total. The second-order valence-electron chi connectivity index (χ2n) is 3.68. The molecule has 18 heavy (non-hydrogen) atoms. The third-order valence-corrected chi connectivity index (χ3v) is 2.10. The predicted molar refractivity (Wildman–Crippen MR) is 64.6 cm³/mol. The van der Waals surface area contributed by atoms with Crippen LogP contribution in [0.2, 0.25) is 0 Å².